The number of primary sulfonamides is 1. The van der Waals surface area contributed by atoms with Crippen molar-refractivity contribution in [2.24, 2.45) is 5.14 Å². The molecule has 1 aromatic heterocycles. The third-order valence-corrected chi connectivity index (χ3v) is 4.83. The first-order valence-electron chi connectivity index (χ1n) is 6.67. The van der Waals surface area contributed by atoms with Crippen LogP contribution in [0.1, 0.15) is 12.0 Å². The van der Waals surface area contributed by atoms with E-state index in [1.807, 2.05) is 18.2 Å². The molecular formula is C13H15N5O3S. The van der Waals surface area contributed by atoms with E-state index in [0.29, 0.717) is 12.2 Å². The van der Waals surface area contributed by atoms with E-state index >= 15 is 0 Å². The van der Waals surface area contributed by atoms with Gasteiger partial charge in [0.15, 0.2) is 0 Å². The van der Waals surface area contributed by atoms with Crippen molar-refractivity contribution in [2.45, 2.75) is 18.2 Å². The summed E-state index contributed by atoms with van der Waals surface area (Å²) >= 11 is 0. The molecule has 8 nitrogen and oxygen atoms in total. The van der Waals surface area contributed by atoms with Crippen LogP contribution < -0.4 is 10.0 Å². The molecule has 0 spiro atoms. The molecule has 116 valence electrons. The van der Waals surface area contributed by atoms with Crippen molar-refractivity contribution in [2.75, 3.05) is 11.4 Å². The van der Waals surface area contributed by atoms with Crippen molar-refractivity contribution in [3.05, 3.63) is 42.5 Å². The summed E-state index contributed by atoms with van der Waals surface area (Å²) in [6, 6.07) is 7.33. The number of aromatic nitrogens is 3. The summed E-state index contributed by atoms with van der Waals surface area (Å²) in [5.41, 5.74) is 1.60. The Kier molecular flexibility index (Phi) is 3.67. The van der Waals surface area contributed by atoms with Gasteiger partial charge in [0.1, 0.15) is 17.9 Å². The van der Waals surface area contributed by atoms with Crippen LogP contribution in [0.25, 0.3) is 0 Å². The van der Waals surface area contributed by atoms with Gasteiger partial charge in [-0.15, -0.1) is 0 Å². The summed E-state index contributed by atoms with van der Waals surface area (Å²) < 4.78 is 24.5. The smallest absolute Gasteiger partial charge is 0.228 e. The lowest BCUT2D eigenvalue weighted by Crippen LogP contribution is -2.32. The molecule has 1 unspecified atom stereocenters. The lowest BCUT2D eigenvalue weighted by Gasteiger charge is -2.17. The maximum atomic E-state index is 12.0. The normalized spacial score (nSPS) is 18.9. The molecule has 0 aliphatic carbocycles. The van der Waals surface area contributed by atoms with Gasteiger partial charge >= 0.3 is 0 Å². The van der Waals surface area contributed by atoms with Gasteiger partial charge in [0.2, 0.25) is 15.9 Å². The zero-order valence-electron chi connectivity index (χ0n) is 11.7. The summed E-state index contributed by atoms with van der Waals surface area (Å²) in [6.45, 7) is 0.610. The Hall–Kier alpha value is -2.26. The Morgan fingerprint density at radius 2 is 2.18 bits per heavy atom. The minimum atomic E-state index is -3.71. The van der Waals surface area contributed by atoms with Gasteiger partial charge in [-0.05, 0) is 17.7 Å². The van der Waals surface area contributed by atoms with E-state index in [-0.39, 0.29) is 18.9 Å². The fourth-order valence-corrected chi connectivity index (χ4v) is 3.20. The second-order valence-electron chi connectivity index (χ2n) is 5.18. The third kappa shape index (κ3) is 3.00. The topological polar surface area (TPSA) is 111 Å². The molecule has 1 saturated heterocycles. The molecule has 3 rings (SSSR count). The number of carbonyl (C=O) groups excluding carboxylic acids is 1. The van der Waals surface area contributed by atoms with Crippen LogP contribution in [-0.2, 0) is 21.4 Å². The van der Waals surface area contributed by atoms with Crippen LogP contribution in [0.5, 0.6) is 0 Å². The molecule has 2 aromatic rings. The number of nitrogens with zero attached hydrogens (tertiary/aromatic N) is 4. The lowest BCUT2D eigenvalue weighted by molar-refractivity contribution is -0.117. The first-order valence-corrected chi connectivity index (χ1v) is 8.28. The average Bonchev–Trinajstić information content (AvgIpc) is 3.08. The Bertz CT molecular complexity index is 788. The van der Waals surface area contributed by atoms with E-state index in [4.69, 9.17) is 5.14 Å². The number of amides is 1. The van der Waals surface area contributed by atoms with Crippen LogP contribution in [0.2, 0.25) is 0 Å². The second kappa shape index (κ2) is 5.50. The molecule has 1 fully saturated rings. The van der Waals surface area contributed by atoms with E-state index in [1.165, 1.54) is 11.2 Å². The van der Waals surface area contributed by atoms with Gasteiger partial charge in [0.25, 0.3) is 0 Å². The average molecular weight is 321 g/mol. The summed E-state index contributed by atoms with van der Waals surface area (Å²) in [4.78, 5) is 17.4. The highest BCUT2D eigenvalue weighted by Gasteiger charge is 2.37. The number of anilines is 1. The lowest BCUT2D eigenvalue weighted by atomic mass is 10.2. The van der Waals surface area contributed by atoms with Crippen LogP contribution >= 0.6 is 0 Å². The molecule has 2 heterocycles. The summed E-state index contributed by atoms with van der Waals surface area (Å²) in [7, 11) is -3.71. The zero-order chi connectivity index (χ0) is 15.7. The first-order chi connectivity index (χ1) is 10.4. The van der Waals surface area contributed by atoms with Gasteiger partial charge in [-0.2, -0.15) is 5.10 Å². The van der Waals surface area contributed by atoms with Crippen LogP contribution in [0.3, 0.4) is 0 Å². The molecule has 1 atom stereocenters. The fraction of sp³-hybridized carbons (Fsp3) is 0.308. The number of sulfonamides is 1. The molecule has 2 N–H and O–H groups in total. The number of hydrogen-bond acceptors (Lipinski definition) is 5. The fourth-order valence-electron chi connectivity index (χ4n) is 2.47. The maximum absolute atomic E-state index is 12.0. The van der Waals surface area contributed by atoms with Crippen molar-refractivity contribution in [3.8, 4) is 0 Å². The number of rotatable bonds is 4. The summed E-state index contributed by atoms with van der Waals surface area (Å²) in [6.07, 6.45) is 2.97. The standard InChI is InChI=1S/C13H15N5O3S/c14-22(20,21)12-5-13(19)18(7-12)11-3-1-2-10(4-11)6-17-9-15-8-16-17/h1-4,8-9,12H,5-7H2,(H2,14,20,21). The number of benzene rings is 1. The van der Waals surface area contributed by atoms with Crippen LogP contribution in [0.4, 0.5) is 5.69 Å². The molecule has 1 aliphatic rings. The van der Waals surface area contributed by atoms with E-state index in [2.05, 4.69) is 10.1 Å². The predicted octanol–water partition coefficient (Wildman–Crippen LogP) is -0.280. The van der Waals surface area contributed by atoms with Crippen molar-refractivity contribution in [1.82, 2.24) is 14.8 Å². The van der Waals surface area contributed by atoms with Crippen molar-refractivity contribution >= 4 is 21.6 Å². The van der Waals surface area contributed by atoms with Gasteiger partial charge in [-0.1, -0.05) is 12.1 Å². The second-order valence-corrected chi connectivity index (χ2v) is 7.03. The Morgan fingerprint density at radius 1 is 1.36 bits per heavy atom. The molecule has 1 amide bonds. The van der Waals surface area contributed by atoms with Gasteiger partial charge in [-0.3, -0.25) is 4.79 Å². The molecule has 22 heavy (non-hydrogen) atoms. The van der Waals surface area contributed by atoms with Gasteiger partial charge in [0.05, 0.1) is 6.54 Å². The highest BCUT2D eigenvalue weighted by Crippen LogP contribution is 2.25. The first kappa shape index (κ1) is 14.7. The predicted molar refractivity (Wildman–Crippen MR) is 79.4 cm³/mol. The molecule has 1 aliphatic heterocycles. The highest BCUT2D eigenvalue weighted by atomic mass is 32.2. The third-order valence-electron chi connectivity index (χ3n) is 3.59. The quantitative estimate of drug-likeness (QED) is 0.832. The van der Waals surface area contributed by atoms with E-state index in [1.54, 1.807) is 17.1 Å². The van der Waals surface area contributed by atoms with Crippen LogP contribution in [0, 0.1) is 0 Å². The van der Waals surface area contributed by atoms with Crippen molar-refractivity contribution < 1.29 is 13.2 Å². The number of nitrogens with two attached hydrogens (primary N) is 1. The van der Waals surface area contributed by atoms with Crippen molar-refractivity contribution in [1.29, 1.82) is 0 Å². The Balaban J connectivity index is 1.82. The van der Waals surface area contributed by atoms with Gasteiger partial charge < -0.3 is 4.90 Å². The minimum Gasteiger partial charge on any atom is -0.311 e. The molecule has 9 heteroatoms. The molecule has 0 bridgehead atoms. The monoisotopic (exact) mass is 321 g/mol. The zero-order valence-corrected chi connectivity index (χ0v) is 12.5. The Morgan fingerprint density at radius 3 is 2.82 bits per heavy atom. The highest BCUT2D eigenvalue weighted by molar-refractivity contribution is 7.89. The van der Waals surface area contributed by atoms with Crippen LogP contribution in [0.15, 0.2) is 36.9 Å². The van der Waals surface area contributed by atoms with E-state index < -0.39 is 15.3 Å². The van der Waals surface area contributed by atoms with Crippen LogP contribution in [-0.4, -0.2) is 40.9 Å². The largest absolute Gasteiger partial charge is 0.311 e. The maximum Gasteiger partial charge on any atom is 0.228 e. The van der Waals surface area contributed by atoms with E-state index in [0.717, 1.165) is 5.56 Å². The Labute approximate surface area is 127 Å². The SMILES string of the molecule is NS(=O)(=O)C1CC(=O)N(c2cccc(Cn3cncn3)c2)C1. The summed E-state index contributed by atoms with van der Waals surface area (Å²) in [5.74, 6) is -0.239. The molecular weight excluding hydrogens is 306 g/mol. The summed E-state index contributed by atoms with van der Waals surface area (Å²) in [5, 5.41) is 8.32. The van der Waals surface area contributed by atoms with Crippen molar-refractivity contribution in [3.63, 3.8) is 0 Å². The number of carbonyl (C=O) groups is 1. The van der Waals surface area contributed by atoms with Gasteiger partial charge in [-0.25, -0.2) is 23.2 Å². The number of hydrogen-bond donors (Lipinski definition) is 1. The molecule has 1 aromatic carbocycles. The van der Waals surface area contributed by atoms with E-state index in [9.17, 15) is 13.2 Å². The molecule has 0 saturated carbocycles. The molecule has 0 radical (unpaired) electrons. The minimum absolute atomic E-state index is 0.0772. The van der Waals surface area contributed by atoms with Gasteiger partial charge in [0, 0.05) is 18.7 Å².